The van der Waals surface area contributed by atoms with Gasteiger partial charge in [0.25, 0.3) is 0 Å². The lowest BCUT2D eigenvalue weighted by Gasteiger charge is -2.08. The Hall–Kier alpha value is -3.64. The van der Waals surface area contributed by atoms with E-state index in [9.17, 15) is 5.26 Å². The number of rotatable bonds is 6. The van der Waals surface area contributed by atoms with Crippen molar-refractivity contribution >= 4 is 27.4 Å². The molecular weight excluding hydrogens is 386 g/mol. The zero-order valence-corrected chi connectivity index (χ0v) is 16.7. The maximum atomic E-state index is 9.80. The van der Waals surface area contributed by atoms with Crippen LogP contribution >= 0.6 is 11.3 Å². The van der Waals surface area contributed by atoms with Gasteiger partial charge in [0.2, 0.25) is 0 Å². The molecule has 3 heterocycles. The Bertz CT molecular complexity index is 1240. The van der Waals surface area contributed by atoms with Gasteiger partial charge in [0.05, 0.1) is 17.0 Å². The SMILES string of the molecule is CCOc1ccccc1-c1sc2c(N=NCc3nccn3C)ncnc2c1C#N. The average Bonchev–Trinajstić information content (AvgIpc) is 3.32. The first-order valence-electron chi connectivity index (χ1n) is 8.96. The molecule has 0 saturated heterocycles. The smallest absolute Gasteiger partial charge is 0.195 e. The standard InChI is InChI=1S/C20H17N7OS/c1-3-28-15-7-5-4-6-13(15)18-14(10-21)17-19(29-18)20(24-12-23-17)26-25-11-16-22-8-9-27(16)2/h4-9,12H,3,11H2,1-2H3. The zero-order valence-electron chi connectivity index (χ0n) is 15.9. The number of fused-ring (bicyclic) bond motifs is 1. The minimum Gasteiger partial charge on any atom is -0.493 e. The number of nitriles is 1. The predicted octanol–water partition coefficient (Wildman–Crippen LogP) is 4.65. The summed E-state index contributed by atoms with van der Waals surface area (Å²) in [5, 5.41) is 18.3. The molecule has 0 aliphatic heterocycles. The van der Waals surface area contributed by atoms with Gasteiger partial charge in [0, 0.05) is 25.0 Å². The molecule has 3 aromatic heterocycles. The minimum absolute atomic E-state index is 0.339. The van der Waals surface area contributed by atoms with E-state index < -0.39 is 0 Å². The van der Waals surface area contributed by atoms with E-state index in [2.05, 4.69) is 31.2 Å². The topological polar surface area (TPSA) is 101 Å². The number of thiophene rings is 1. The summed E-state index contributed by atoms with van der Waals surface area (Å²) in [5.74, 6) is 1.96. The molecular formula is C20H17N7OS. The van der Waals surface area contributed by atoms with Crippen molar-refractivity contribution in [1.82, 2.24) is 19.5 Å². The van der Waals surface area contributed by atoms with Crippen LogP contribution in [0.15, 0.2) is 53.2 Å². The average molecular weight is 403 g/mol. The van der Waals surface area contributed by atoms with E-state index in [1.54, 1.807) is 6.20 Å². The molecule has 1 aromatic carbocycles. The molecule has 8 nitrogen and oxygen atoms in total. The number of azo groups is 1. The van der Waals surface area contributed by atoms with Crippen LogP contribution in [0.5, 0.6) is 5.75 Å². The van der Waals surface area contributed by atoms with E-state index in [1.165, 1.54) is 17.7 Å². The number of imidazole rings is 1. The summed E-state index contributed by atoms with van der Waals surface area (Å²) in [4.78, 5) is 13.6. The first-order chi connectivity index (χ1) is 14.2. The summed E-state index contributed by atoms with van der Waals surface area (Å²) in [6.45, 7) is 2.81. The molecule has 144 valence electrons. The van der Waals surface area contributed by atoms with Gasteiger partial charge in [0.1, 0.15) is 40.7 Å². The minimum atomic E-state index is 0.339. The molecule has 0 N–H and O–H groups in total. The highest BCUT2D eigenvalue weighted by Gasteiger charge is 2.20. The van der Waals surface area contributed by atoms with Crippen LogP contribution in [0.3, 0.4) is 0 Å². The summed E-state index contributed by atoms with van der Waals surface area (Å²) >= 11 is 1.42. The van der Waals surface area contributed by atoms with E-state index in [-0.39, 0.29) is 0 Å². The van der Waals surface area contributed by atoms with Crippen molar-refractivity contribution in [2.45, 2.75) is 13.5 Å². The van der Waals surface area contributed by atoms with Gasteiger partial charge >= 0.3 is 0 Å². The molecule has 0 bridgehead atoms. The molecule has 0 saturated carbocycles. The molecule has 9 heteroatoms. The van der Waals surface area contributed by atoms with Gasteiger partial charge in [-0.15, -0.1) is 16.5 Å². The van der Waals surface area contributed by atoms with Gasteiger partial charge in [-0.1, -0.05) is 12.1 Å². The van der Waals surface area contributed by atoms with Crippen LogP contribution < -0.4 is 4.74 Å². The third kappa shape index (κ3) is 3.58. The highest BCUT2D eigenvalue weighted by atomic mass is 32.1. The van der Waals surface area contributed by atoms with E-state index in [4.69, 9.17) is 4.74 Å². The number of aryl methyl sites for hydroxylation is 1. The highest BCUT2D eigenvalue weighted by molar-refractivity contribution is 7.23. The number of para-hydroxylation sites is 1. The molecule has 0 aliphatic rings. The fourth-order valence-electron chi connectivity index (χ4n) is 2.91. The predicted molar refractivity (Wildman–Crippen MR) is 110 cm³/mol. The summed E-state index contributed by atoms with van der Waals surface area (Å²) in [7, 11) is 1.90. The van der Waals surface area contributed by atoms with Crippen molar-refractivity contribution in [3.05, 3.63) is 54.4 Å². The van der Waals surface area contributed by atoms with Gasteiger partial charge in [0.15, 0.2) is 5.82 Å². The summed E-state index contributed by atoms with van der Waals surface area (Å²) < 4.78 is 8.35. The highest BCUT2D eigenvalue weighted by Crippen LogP contribution is 2.43. The number of benzene rings is 1. The second-order valence-corrected chi connectivity index (χ2v) is 7.10. The Kier molecular flexibility index (Phi) is 5.27. The van der Waals surface area contributed by atoms with Crippen molar-refractivity contribution in [3.63, 3.8) is 0 Å². The van der Waals surface area contributed by atoms with Crippen LogP contribution in [0.4, 0.5) is 5.82 Å². The second-order valence-electron chi connectivity index (χ2n) is 6.08. The molecule has 0 atom stereocenters. The van der Waals surface area contributed by atoms with E-state index in [0.717, 1.165) is 22.0 Å². The Morgan fingerprint density at radius 2 is 2.10 bits per heavy atom. The van der Waals surface area contributed by atoms with Crippen LogP contribution in [-0.4, -0.2) is 26.1 Å². The van der Waals surface area contributed by atoms with Crippen LogP contribution in [0.25, 0.3) is 20.7 Å². The monoisotopic (exact) mass is 403 g/mol. The third-order valence-electron chi connectivity index (χ3n) is 4.29. The van der Waals surface area contributed by atoms with Gasteiger partial charge in [-0.3, -0.25) is 0 Å². The summed E-state index contributed by atoms with van der Waals surface area (Å²) in [6.07, 6.45) is 4.98. The van der Waals surface area contributed by atoms with Crippen LogP contribution in [0, 0.1) is 11.3 Å². The molecule has 0 aliphatic carbocycles. The Labute approximate surface area is 171 Å². The molecule has 4 rings (SSSR count). The number of nitrogens with zero attached hydrogens (tertiary/aromatic N) is 7. The number of hydrogen-bond donors (Lipinski definition) is 0. The lowest BCUT2D eigenvalue weighted by atomic mass is 10.1. The summed E-state index contributed by atoms with van der Waals surface area (Å²) in [6, 6.07) is 9.93. The Morgan fingerprint density at radius 1 is 1.24 bits per heavy atom. The maximum Gasteiger partial charge on any atom is 0.195 e. The largest absolute Gasteiger partial charge is 0.493 e. The quantitative estimate of drug-likeness (QED) is 0.436. The van der Waals surface area contributed by atoms with Crippen molar-refractivity contribution < 1.29 is 4.74 Å². The van der Waals surface area contributed by atoms with E-state index >= 15 is 0 Å². The fraction of sp³-hybridized carbons (Fsp3) is 0.200. The van der Waals surface area contributed by atoms with Crippen molar-refractivity contribution in [3.8, 4) is 22.3 Å². The molecule has 0 radical (unpaired) electrons. The first-order valence-corrected chi connectivity index (χ1v) is 9.78. The van der Waals surface area contributed by atoms with Crippen LogP contribution in [0.1, 0.15) is 18.3 Å². The lowest BCUT2D eigenvalue weighted by molar-refractivity contribution is 0.341. The van der Waals surface area contributed by atoms with Gasteiger partial charge < -0.3 is 9.30 Å². The normalized spacial score (nSPS) is 11.2. The van der Waals surface area contributed by atoms with E-state index in [0.29, 0.717) is 34.7 Å². The van der Waals surface area contributed by atoms with Crippen molar-refractivity contribution in [2.75, 3.05) is 6.61 Å². The molecule has 29 heavy (non-hydrogen) atoms. The zero-order chi connectivity index (χ0) is 20.2. The summed E-state index contributed by atoms with van der Waals surface area (Å²) in [5.41, 5.74) is 1.91. The fourth-order valence-corrected chi connectivity index (χ4v) is 4.08. The van der Waals surface area contributed by atoms with Crippen molar-refractivity contribution in [2.24, 2.45) is 17.3 Å². The molecule has 4 aromatic rings. The number of aromatic nitrogens is 4. The van der Waals surface area contributed by atoms with Crippen LogP contribution in [0.2, 0.25) is 0 Å². The van der Waals surface area contributed by atoms with Crippen molar-refractivity contribution in [1.29, 1.82) is 5.26 Å². The second kappa shape index (κ2) is 8.16. The molecule has 0 unspecified atom stereocenters. The van der Waals surface area contributed by atoms with Gasteiger partial charge in [-0.05, 0) is 19.1 Å². The van der Waals surface area contributed by atoms with Gasteiger partial charge in [-0.2, -0.15) is 10.4 Å². The maximum absolute atomic E-state index is 9.80. The Morgan fingerprint density at radius 3 is 2.86 bits per heavy atom. The third-order valence-corrected chi connectivity index (χ3v) is 5.50. The molecule has 0 amide bonds. The van der Waals surface area contributed by atoms with E-state index in [1.807, 2.05) is 49.0 Å². The Balaban J connectivity index is 1.78. The molecule has 0 spiro atoms. The number of hydrogen-bond acceptors (Lipinski definition) is 8. The first kappa shape index (κ1) is 18.7. The number of ether oxygens (including phenoxy) is 1. The lowest BCUT2D eigenvalue weighted by Crippen LogP contribution is -1.94. The van der Waals surface area contributed by atoms with Crippen LogP contribution in [-0.2, 0) is 13.6 Å². The van der Waals surface area contributed by atoms with Gasteiger partial charge in [-0.25, -0.2) is 15.0 Å². The molecule has 0 fully saturated rings.